The van der Waals surface area contributed by atoms with Gasteiger partial charge in [0.15, 0.2) is 0 Å². The Labute approximate surface area is 77.8 Å². The van der Waals surface area contributed by atoms with E-state index in [1.807, 2.05) is 0 Å². The summed E-state index contributed by atoms with van der Waals surface area (Å²) >= 11 is 0. The van der Waals surface area contributed by atoms with Crippen LogP contribution in [0.3, 0.4) is 0 Å². The van der Waals surface area contributed by atoms with Crippen molar-refractivity contribution < 1.29 is 21.7 Å². The molecule has 1 aromatic carbocycles. The van der Waals surface area contributed by atoms with Crippen LogP contribution in [0.15, 0.2) is 24.3 Å². The first-order valence-electron chi connectivity index (χ1n) is 3.96. The highest BCUT2D eigenvalue weighted by Crippen LogP contribution is 2.12. The van der Waals surface area contributed by atoms with Crippen molar-refractivity contribution in [2.24, 2.45) is 0 Å². The molecule has 78 valence electrons. The molecule has 0 aromatic heterocycles. The molecule has 0 aliphatic heterocycles. The average Bonchev–Trinajstić information content (AvgIpc) is 2.01. The Morgan fingerprint density at radius 2 is 1.79 bits per heavy atom. The summed E-state index contributed by atoms with van der Waals surface area (Å²) in [4.78, 5) is 0. The number of alkyl halides is 2. The van der Waals surface area contributed by atoms with E-state index in [4.69, 9.17) is 0 Å². The third-order valence-corrected chi connectivity index (χ3v) is 1.72. The van der Waals surface area contributed by atoms with E-state index >= 15 is 0 Å². The van der Waals surface area contributed by atoms with Crippen molar-refractivity contribution in [3.8, 4) is 0 Å². The van der Waals surface area contributed by atoms with E-state index in [2.05, 4.69) is 0 Å². The van der Waals surface area contributed by atoms with E-state index in [1.54, 1.807) is 0 Å². The summed E-state index contributed by atoms with van der Waals surface area (Å²) < 4.78 is 60.3. The topological polar surface area (TPSA) is 0 Å². The van der Waals surface area contributed by atoms with Crippen molar-refractivity contribution >= 4 is 12.4 Å². The predicted molar refractivity (Wildman–Crippen MR) is 44.9 cm³/mol. The number of hydrogen-bond donors (Lipinski definition) is 0. The smallest absolute Gasteiger partial charge is 0.445 e. The molecule has 0 saturated heterocycles. The van der Waals surface area contributed by atoms with Gasteiger partial charge in [-0.05, 0) is 5.56 Å². The lowest BCUT2D eigenvalue weighted by Gasteiger charge is -2.15. The minimum atomic E-state index is -5.10. The van der Waals surface area contributed by atoms with Gasteiger partial charge in [-0.1, -0.05) is 24.3 Å². The van der Waals surface area contributed by atoms with Gasteiger partial charge in [0.2, 0.25) is 6.43 Å². The molecule has 0 radical (unpaired) electrons. The SMILES string of the molecule is FC(F)Cc1cccc([B-](F)(F)F)c1. The van der Waals surface area contributed by atoms with Crippen molar-refractivity contribution in [1.82, 2.24) is 0 Å². The molecule has 1 aromatic rings. The van der Waals surface area contributed by atoms with E-state index in [1.165, 1.54) is 6.07 Å². The summed E-state index contributed by atoms with van der Waals surface area (Å²) in [6.45, 7) is -5.10. The summed E-state index contributed by atoms with van der Waals surface area (Å²) in [5.74, 6) is 0. The predicted octanol–water partition coefficient (Wildman–Crippen LogP) is 2.55. The van der Waals surface area contributed by atoms with Gasteiger partial charge in [0.05, 0.1) is 0 Å². The zero-order valence-corrected chi connectivity index (χ0v) is 7.06. The summed E-state index contributed by atoms with van der Waals surface area (Å²) in [6, 6.07) is 4.06. The lowest BCUT2D eigenvalue weighted by Crippen LogP contribution is -2.34. The first-order chi connectivity index (χ1) is 6.39. The van der Waals surface area contributed by atoms with Gasteiger partial charge in [0.25, 0.3) is 0 Å². The molecule has 0 bridgehead atoms. The fraction of sp³-hybridized carbons (Fsp3) is 0.250. The molecule has 0 heterocycles. The third kappa shape index (κ3) is 3.01. The molecule has 0 aliphatic rings. The molecule has 0 fully saturated rings. The second kappa shape index (κ2) is 3.98. The molecule has 0 spiro atoms. The standard InChI is InChI=1S/C8H7BF5/c10-8(11)5-6-2-1-3-7(4-6)9(12,13)14/h1-4,8H,5H2/q-1. The molecule has 0 saturated carbocycles. The Bertz CT molecular complexity index is 307. The summed E-state index contributed by atoms with van der Waals surface area (Å²) in [6.07, 6.45) is -3.26. The van der Waals surface area contributed by atoms with Gasteiger partial charge in [-0.25, -0.2) is 8.78 Å². The van der Waals surface area contributed by atoms with E-state index in [-0.39, 0.29) is 5.56 Å². The Kier molecular flexibility index (Phi) is 3.13. The fourth-order valence-electron chi connectivity index (χ4n) is 1.10. The lowest BCUT2D eigenvalue weighted by molar-refractivity contribution is 0.149. The number of benzene rings is 1. The molecule has 0 aliphatic carbocycles. The fourth-order valence-corrected chi connectivity index (χ4v) is 1.10. The molecule has 1 rings (SSSR count). The quantitative estimate of drug-likeness (QED) is 0.530. The van der Waals surface area contributed by atoms with Crippen molar-refractivity contribution in [2.75, 3.05) is 0 Å². The van der Waals surface area contributed by atoms with Crippen LogP contribution in [0.4, 0.5) is 21.7 Å². The zero-order valence-electron chi connectivity index (χ0n) is 7.06. The van der Waals surface area contributed by atoms with Crippen LogP contribution in [0.5, 0.6) is 0 Å². The molecule has 0 unspecified atom stereocenters. The molecule has 0 nitrogen and oxygen atoms in total. The zero-order chi connectivity index (χ0) is 10.8. The van der Waals surface area contributed by atoms with Crippen molar-refractivity contribution in [2.45, 2.75) is 12.8 Å². The number of rotatable bonds is 3. The molecule has 6 heteroatoms. The maximum absolute atomic E-state index is 12.2. The maximum Gasteiger partial charge on any atom is 0.509 e. The maximum atomic E-state index is 12.2. The number of hydrogen-bond acceptors (Lipinski definition) is 0. The monoisotopic (exact) mass is 209 g/mol. The van der Waals surface area contributed by atoms with Gasteiger partial charge in [-0.3, -0.25) is 0 Å². The van der Waals surface area contributed by atoms with Crippen LogP contribution in [0.2, 0.25) is 0 Å². The molecule has 14 heavy (non-hydrogen) atoms. The minimum absolute atomic E-state index is 0.0108. The third-order valence-electron chi connectivity index (χ3n) is 1.72. The largest absolute Gasteiger partial charge is 0.509 e. The minimum Gasteiger partial charge on any atom is -0.445 e. The van der Waals surface area contributed by atoms with Gasteiger partial charge >= 0.3 is 6.98 Å². The molecular formula is C8H7BF5-. The Hall–Kier alpha value is -1.07. The lowest BCUT2D eigenvalue weighted by atomic mass is 9.79. The van der Waals surface area contributed by atoms with Gasteiger partial charge in [0, 0.05) is 6.42 Å². The van der Waals surface area contributed by atoms with Crippen LogP contribution in [0.1, 0.15) is 5.56 Å². The molecule has 0 atom stereocenters. The normalized spacial score (nSPS) is 12.1. The summed E-state index contributed by atoms with van der Waals surface area (Å²) in [5.41, 5.74) is -0.820. The molecular weight excluding hydrogens is 202 g/mol. The van der Waals surface area contributed by atoms with Crippen LogP contribution in [0.25, 0.3) is 0 Å². The Balaban J connectivity index is 2.90. The van der Waals surface area contributed by atoms with Crippen molar-refractivity contribution in [3.63, 3.8) is 0 Å². The van der Waals surface area contributed by atoms with E-state index in [0.29, 0.717) is 0 Å². The second-order valence-electron chi connectivity index (χ2n) is 2.92. The van der Waals surface area contributed by atoms with Crippen LogP contribution in [-0.2, 0) is 6.42 Å². The van der Waals surface area contributed by atoms with Crippen LogP contribution < -0.4 is 5.46 Å². The second-order valence-corrected chi connectivity index (χ2v) is 2.92. The highest BCUT2D eigenvalue weighted by Gasteiger charge is 2.25. The van der Waals surface area contributed by atoms with Gasteiger partial charge in [0.1, 0.15) is 0 Å². The van der Waals surface area contributed by atoms with Crippen LogP contribution in [-0.4, -0.2) is 13.4 Å². The van der Waals surface area contributed by atoms with Gasteiger partial charge in [-0.15, -0.1) is 5.46 Å². The number of halogens is 5. The van der Waals surface area contributed by atoms with Crippen molar-refractivity contribution in [3.05, 3.63) is 29.8 Å². The highest BCUT2D eigenvalue weighted by atomic mass is 19.4. The first kappa shape index (κ1) is 11.0. The summed E-state index contributed by atoms with van der Waals surface area (Å²) in [5, 5.41) is 0. The van der Waals surface area contributed by atoms with Crippen LogP contribution >= 0.6 is 0 Å². The molecule has 0 amide bonds. The average molecular weight is 209 g/mol. The Morgan fingerprint density at radius 3 is 2.29 bits per heavy atom. The van der Waals surface area contributed by atoms with Crippen LogP contribution in [0, 0.1) is 0 Å². The highest BCUT2D eigenvalue weighted by molar-refractivity contribution is 6.73. The first-order valence-corrected chi connectivity index (χ1v) is 3.96. The van der Waals surface area contributed by atoms with E-state index < -0.39 is 25.3 Å². The molecule has 0 N–H and O–H groups in total. The van der Waals surface area contributed by atoms with E-state index in [9.17, 15) is 21.7 Å². The van der Waals surface area contributed by atoms with Gasteiger partial charge < -0.3 is 12.9 Å². The Morgan fingerprint density at radius 1 is 1.14 bits per heavy atom. The van der Waals surface area contributed by atoms with Gasteiger partial charge in [-0.2, -0.15) is 0 Å². The summed E-state index contributed by atoms with van der Waals surface area (Å²) in [7, 11) is 0. The van der Waals surface area contributed by atoms with Crippen molar-refractivity contribution in [1.29, 1.82) is 0 Å². The van der Waals surface area contributed by atoms with E-state index in [0.717, 1.165) is 18.2 Å².